The molecule has 0 saturated carbocycles. The molecule has 0 bridgehead atoms. The zero-order chi connectivity index (χ0) is 15.2. The molecule has 0 unspecified atom stereocenters. The van der Waals surface area contributed by atoms with Crippen molar-refractivity contribution in [1.29, 1.82) is 0 Å². The smallest absolute Gasteiger partial charge is 0.312 e. The normalized spacial score (nSPS) is 11.4. The van der Waals surface area contributed by atoms with Crippen LogP contribution in [0.15, 0.2) is 23.1 Å². The maximum absolute atomic E-state index is 11.9. The quantitative estimate of drug-likeness (QED) is 0.420. The molecule has 0 radical (unpaired) electrons. The van der Waals surface area contributed by atoms with E-state index in [0.29, 0.717) is 19.6 Å². The van der Waals surface area contributed by atoms with Crippen molar-refractivity contribution in [3.63, 3.8) is 0 Å². The van der Waals surface area contributed by atoms with Gasteiger partial charge in [-0.05, 0) is 25.5 Å². The van der Waals surface area contributed by atoms with Crippen LogP contribution in [0.4, 0.5) is 5.69 Å². The lowest BCUT2D eigenvalue weighted by Gasteiger charge is -2.07. The fourth-order valence-electron chi connectivity index (χ4n) is 1.43. The van der Waals surface area contributed by atoms with E-state index in [-0.39, 0.29) is 11.4 Å². The molecule has 1 aromatic rings. The van der Waals surface area contributed by atoms with E-state index in [2.05, 4.69) is 4.72 Å². The third kappa shape index (κ3) is 4.44. The Morgan fingerprint density at radius 1 is 1.45 bits per heavy atom. The van der Waals surface area contributed by atoms with Crippen molar-refractivity contribution in [2.75, 3.05) is 19.8 Å². The van der Waals surface area contributed by atoms with Gasteiger partial charge in [-0.1, -0.05) is 0 Å². The van der Waals surface area contributed by atoms with E-state index in [0.717, 1.165) is 18.2 Å². The molecule has 8 nitrogen and oxygen atoms in total. The van der Waals surface area contributed by atoms with E-state index in [1.807, 2.05) is 6.92 Å². The minimum absolute atomic E-state index is 0.164. The summed E-state index contributed by atoms with van der Waals surface area (Å²) in [5.74, 6) is -0.578. The first kappa shape index (κ1) is 16.3. The molecule has 20 heavy (non-hydrogen) atoms. The number of hydrogen-bond acceptors (Lipinski definition) is 6. The van der Waals surface area contributed by atoms with Gasteiger partial charge in [-0.3, -0.25) is 10.1 Å². The predicted octanol–water partition coefficient (Wildman–Crippen LogP) is 1.01. The van der Waals surface area contributed by atoms with Gasteiger partial charge >= 0.3 is 5.69 Å². The van der Waals surface area contributed by atoms with Crippen LogP contribution < -0.4 is 4.72 Å². The molecule has 0 atom stereocenters. The number of nitrogens with zero attached hydrogens (tertiary/aromatic N) is 1. The van der Waals surface area contributed by atoms with E-state index in [1.165, 1.54) is 0 Å². The number of hydrogen-bond donors (Lipinski definition) is 2. The number of nitro benzene ring substituents is 1. The van der Waals surface area contributed by atoms with Crippen molar-refractivity contribution in [1.82, 2.24) is 4.72 Å². The van der Waals surface area contributed by atoms with E-state index in [4.69, 9.17) is 4.74 Å². The van der Waals surface area contributed by atoms with Crippen molar-refractivity contribution < 1.29 is 23.2 Å². The number of phenolic OH excluding ortho intramolecular Hbond substituents is 1. The molecule has 9 heteroatoms. The Kier molecular flexibility index (Phi) is 5.86. The molecule has 0 aromatic heterocycles. The molecule has 112 valence electrons. The average Bonchev–Trinajstić information content (AvgIpc) is 2.38. The number of benzene rings is 1. The minimum atomic E-state index is -3.84. The Morgan fingerprint density at radius 3 is 2.75 bits per heavy atom. The van der Waals surface area contributed by atoms with Crippen LogP contribution in [-0.2, 0) is 14.8 Å². The van der Waals surface area contributed by atoms with Gasteiger partial charge in [0.25, 0.3) is 0 Å². The van der Waals surface area contributed by atoms with Crippen LogP contribution in [0, 0.1) is 10.1 Å². The van der Waals surface area contributed by atoms with Gasteiger partial charge < -0.3 is 9.84 Å². The van der Waals surface area contributed by atoms with Crippen molar-refractivity contribution in [2.45, 2.75) is 18.2 Å². The summed E-state index contributed by atoms with van der Waals surface area (Å²) >= 11 is 0. The summed E-state index contributed by atoms with van der Waals surface area (Å²) in [6, 6.07) is 2.90. The molecule has 1 aromatic carbocycles. The molecule has 2 N–H and O–H groups in total. The molecular weight excluding hydrogens is 288 g/mol. The Balaban J connectivity index is 2.77. The van der Waals surface area contributed by atoms with Crippen molar-refractivity contribution in [3.05, 3.63) is 28.3 Å². The van der Waals surface area contributed by atoms with Crippen LogP contribution in [0.25, 0.3) is 0 Å². The zero-order valence-corrected chi connectivity index (χ0v) is 11.7. The average molecular weight is 304 g/mol. The highest BCUT2D eigenvalue weighted by Crippen LogP contribution is 2.27. The van der Waals surface area contributed by atoms with E-state index < -0.39 is 26.4 Å². The number of nitro groups is 1. The molecule has 0 saturated heterocycles. The van der Waals surface area contributed by atoms with Crippen LogP contribution in [0.2, 0.25) is 0 Å². The van der Waals surface area contributed by atoms with Crippen LogP contribution in [0.1, 0.15) is 13.3 Å². The minimum Gasteiger partial charge on any atom is -0.502 e. The lowest BCUT2D eigenvalue weighted by molar-refractivity contribution is -0.386. The molecule has 0 aliphatic carbocycles. The third-order valence-electron chi connectivity index (χ3n) is 2.42. The van der Waals surface area contributed by atoms with Crippen molar-refractivity contribution >= 4 is 15.7 Å². The molecule has 0 aliphatic heterocycles. The predicted molar refractivity (Wildman–Crippen MR) is 71.1 cm³/mol. The summed E-state index contributed by atoms with van der Waals surface area (Å²) in [5, 5.41) is 19.9. The Labute approximate surface area is 116 Å². The molecule has 0 amide bonds. The number of phenols is 1. The molecule has 0 spiro atoms. The van der Waals surface area contributed by atoms with Gasteiger partial charge in [0, 0.05) is 25.8 Å². The van der Waals surface area contributed by atoms with Gasteiger partial charge in [-0.25, -0.2) is 13.1 Å². The number of aromatic hydroxyl groups is 1. The maximum Gasteiger partial charge on any atom is 0.312 e. The molecule has 0 fully saturated rings. The van der Waals surface area contributed by atoms with Gasteiger partial charge in [0.05, 0.1) is 9.82 Å². The Hall–Kier alpha value is -1.71. The molecule has 0 aliphatic rings. The number of sulfonamides is 1. The fraction of sp³-hybridized carbons (Fsp3) is 0.455. The van der Waals surface area contributed by atoms with E-state index in [9.17, 15) is 23.6 Å². The highest BCUT2D eigenvalue weighted by atomic mass is 32.2. The molecule has 0 heterocycles. The van der Waals surface area contributed by atoms with Gasteiger partial charge in [-0.15, -0.1) is 0 Å². The summed E-state index contributed by atoms with van der Waals surface area (Å²) in [6.45, 7) is 2.97. The first-order valence-electron chi connectivity index (χ1n) is 5.93. The highest BCUT2D eigenvalue weighted by molar-refractivity contribution is 7.89. The van der Waals surface area contributed by atoms with Crippen LogP contribution in [0.5, 0.6) is 5.75 Å². The van der Waals surface area contributed by atoms with Crippen LogP contribution in [-0.4, -0.2) is 38.2 Å². The summed E-state index contributed by atoms with van der Waals surface area (Å²) in [6.07, 6.45) is 0.493. The summed E-state index contributed by atoms with van der Waals surface area (Å²) < 4.78 is 31.2. The standard InChI is InChI=1S/C11H16N2O6S/c1-2-19-7-3-6-12-20(17,18)9-4-5-11(14)10(8-9)13(15)16/h4-5,8,12,14H,2-3,6-7H2,1H3. The zero-order valence-electron chi connectivity index (χ0n) is 10.9. The Morgan fingerprint density at radius 2 is 2.15 bits per heavy atom. The fourth-order valence-corrected chi connectivity index (χ4v) is 2.52. The lowest BCUT2D eigenvalue weighted by Crippen LogP contribution is -2.25. The van der Waals surface area contributed by atoms with Crippen molar-refractivity contribution in [3.8, 4) is 5.75 Å². The SMILES string of the molecule is CCOCCCNS(=O)(=O)c1ccc(O)c([N+](=O)[O-])c1. The van der Waals surface area contributed by atoms with E-state index >= 15 is 0 Å². The second-order valence-corrected chi connectivity index (χ2v) is 5.62. The first-order valence-corrected chi connectivity index (χ1v) is 7.41. The monoisotopic (exact) mass is 304 g/mol. The van der Waals surface area contributed by atoms with Gasteiger partial charge in [0.2, 0.25) is 10.0 Å². The van der Waals surface area contributed by atoms with E-state index in [1.54, 1.807) is 0 Å². The second kappa shape index (κ2) is 7.17. The maximum atomic E-state index is 11.9. The molecule has 1 rings (SSSR count). The first-order chi connectivity index (χ1) is 9.38. The summed E-state index contributed by atoms with van der Waals surface area (Å²) in [5.41, 5.74) is -0.651. The van der Waals surface area contributed by atoms with Crippen molar-refractivity contribution in [2.24, 2.45) is 0 Å². The summed E-state index contributed by atoms with van der Waals surface area (Å²) in [4.78, 5) is 9.54. The lowest BCUT2D eigenvalue weighted by atomic mass is 10.3. The topological polar surface area (TPSA) is 119 Å². The second-order valence-electron chi connectivity index (χ2n) is 3.86. The van der Waals surface area contributed by atoms with Gasteiger partial charge in [0.15, 0.2) is 5.75 Å². The van der Waals surface area contributed by atoms with Crippen LogP contribution in [0.3, 0.4) is 0 Å². The van der Waals surface area contributed by atoms with Crippen LogP contribution >= 0.6 is 0 Å². The number of nitrogens with one attached hydrogen (secondary N) is 1. The largest absolute Gasteiger partial charge is 0.502 e. The Bertz CT molecular complexity index is 572. The summed E-state index contributed by atoms with van der Waals surface area (Å²) in [7, 11) is -3.84. The highest BCUT2D eigenvalue weighted by Gasteiger charge is 2.20. The number of ether oxygens (including phenoxy) is 1. The molecular formula is C11H16N2O6S. The number of rotatable bonds is 8. The third-order valence-corrected chi connectivity index (χ3v) is 3.87. The van der Waals surface area contributed by atoms with Gasteiger partial charge in [-0.2, -0.15) is 0 Å². The van der Waals surface area contributed by atoms with Gasteiger partial charge in [0.1, 0.15) is 0 Å².